The van der Waals surface area contributed by atoms with Gasteiger partial charge in [-0.15, -0.1) is 0 Å². The van der Waals surface area contributed by atoms with Crippen molar-refractivity contribution in [2.75, 3.05) is 11.4 Å². The van der Waals surface area contributed by atoms with Gasteiger partial charge in [0.15, 0.2) is 11.4 Å². The summed E-state index contributed by atoms with van der Waals surface area (Å²) in [6.07, 6.45) is 3.53. The Balaban J connectivity index is 1.90. The number of nitrogens with zero attached hydrogens (tertiary/aromatic N) is 1. The average molecular weight is 444 g/mol. The number of carbonyl (C=O) groups is 2. The molecule has 0 spiro atoms. The molecule has 0 unspecified atom stereocenters. The predicted molar refractivity (Wildman–Crippen MR) is 115 cm³/mol. The van der Waals surface area contributed by atoms with Crippen molar-refractivity contribution in [1.82, 2.24) is 0 Å². The number of carbonyl (C=O) groups excluding carboxylic acids is 2. The van der Waals surface area contributed by atoms with Gasteiger partial charge in [0, 0.05) is 22.1 Å². The number of anilines is 1. The molecule has 2 aromatic rings. The molecular formula is C23H26BrNO3. The van der Waals surface area contributed by atoms with Crippen LogP contribution >= 0.6 is 15.9 Å². The Hall–Kier alpha value is -1.98. The summed E-state index contributed by atoms with van der Waals surface area (Å²) in [5, 5.41) is 11.3. The van der Waals surface area contributed by atoms with Crippen LogP contribution in [0.25, 0.3) is 0 Å². The molecule has 0 bridgehead atoms. The number of ketones is 1. The van der Waals surface area contributed by atoms with Gasteiger partial charge >= 0.3 is 0 Å². The quantitative estimate of drug-likeness (QED) is 0.583. The molecule has 0 aliphatic carbocycles. The third-order valence-corrected chi connectivity index (χ3v) is 5.75. The van der Waals surface area contributed by atoms with Crippen LogP contribution in [0.15, 0.2) is 46.9 Å². The molecule has 0 saturated carbocycles. The lowest BCUT2D eigenvalue weighted by atomic mass is 9.88. The van der Waals surface area contributed by atoms with Crippen molar-refractivity contribution in [2.24, 2.45) is 0 Å². The van der Waals surface area contributed by atoms with E-state index in [1.807, 2.05) is 24.3 Å². The number of aryl methyl sites for hydroxylation is 1. The van der Waals surface area contributed by atoms with Crippen LogP contribution in [-0.2, 0) is 16.8 Å². The molecular weight excluding hydrogens is 418 g/mol. The van der Waals surface area contributed by atoms with Gasteiger partial charge in [0.25, 0.3) is 5.91 Å². The van der Waals surface area contributed by atoms with Crippen molar-refractivity contribution < 1.29 is 14.7 Å². The second kappa shape index (κ2) is 8.58. The molecule has 28 heavy (non-hydrogen) atoms. The fourth-order valence-corrected chi connectivity index (χ4v) is 4.07. The van der Waals surface area contributed by atoms with E-state index in [0.717, 1.165) is 30.2 Å². The van der Waals surface area contributed by atoms with Gasteiger partial charge < -0.3 is 10.0 Å². The van der Waals surface area contributed by atoms with Crippen LogP contribution in [0.5, 0.6) is 0 Å². The van der Waals surface area contributed by atoms with Crippen LogP contribution in [0.3, 0.4) is 0 Å². The summed E-state index contributed by atoms with van der Waals surface area (Å²) in [6.45, 7) is 4.70. The molecule has 4 nitrogen and oxygen atoms in total. The summed E-state index contributed by atoms with van der Waals surface area (Å²) in [5.74, 6) is -0.646. The van der Waals surface area contributed by atoms with E-state index in [1.165, 1.54) is 5.56 Å². The molecule has 1 aliphatic rings. The molecule has 1 atom stereocenters. The number of amides is 1. The van der Waals surface area contributed by atoms with Crippen LogP contribution in [-0.4, -0.2) is 23.3 Å². The molecule has 148 valence electrons. The van der Waals surface area contributed by atoms with Gasteiger partial charge in [0.1, 0.15) is 0 Å². The summed E-state index contributed by atoms with van der Waals surface area (Å²) >= 11 is 3.42. The van der Waals surface area contributed by atoms with Crippen molar-refractivity contribution in [3.63, 3.8) is 0 Å². The molecule has 0 fully saturated rings. The van der Waals surface area contributed by atoms with Crippen molar-refractivity contribution in [3.05, 3.63) is 63.6 Å². The maximum atomic E-state index is 13.1. The zero-order valence-corrected chi connectivity index (χ0v) is 18.0. The lowest BCUT2D eigenvalue weighted by Gasteiger charge is -2.22. The molecule has 1 amide bonds. The standard InChI is InChI=1S/C23H26BrNO3/c1-3-5-13-25-20-12-11-18(24)14-19(20)23(28,22(25)27)15-21(26)17-9-7-16(6-4-2)8-10-17/h7-12,14,28H,3-6,13,15H2,1-2H3/t23-/m0/s1. The van der Waals surface area contributed by atoms with Crippen molar-refractivity contribution in [3.8, 4) is 0 Å². The average Bonchev–Trinajstić information content (AvgIpc) is 2.88. The lowest BCUT2D eigenvalue weighted by molar-refractivity contribution is -0.135. The number of Topliss-reactive ketones (excluding diaryl/α,β-unsaturated/α-hetero) is 1. The topological polar surface area (TPSA) is 57.6 Å². The first-order chi connectivity index (χ1) is 13.4. The highest BCUT2D eigenvalue weighted by molar-refractivity contribution is 9.10. The van der Waals surface area contributed by atoms with E-state index < -0.39 is 11.5 Å². The SMILES string of the molecule is CCCCN1C(=O)[C@](O)(CC(=O)c2ccc(CCC)cc2)c2cc(Br)ccc21. The Morgan fingerprint density at radius 2 is 1.82 bits per heavy atom. The highest BCUT2D eigenvalue weighted by atomic mass is 79.9. The minimum atomic E-state index is -1.83. The molecule has 1 aliphatic heterocycles. The summed E-state index contributed by atoms with van der Waals surface area (Å²) < 4.78 is 0.770. The summed E-state index contributed by atoms with van der Waals surface area (Å²) in [5.41, 5.74) is 1.06. The fraction of sp³-hybridized carbons (Fsp3) is 0.391. The van der Waals surface area contributed by atoms with E-state index in [0.29, 0.717) is 23.4 Å². The largest absolute Gasteiger partial charge is 0.375 e. The molecule has 3 rings (SSSR count). The maximum Gasteiger partial charge on any atom is 0.264 e. The number of benzene rings is 2. The number of rotatable bonds is 8. The molecule has 0 radical (unpaired) electrons. The Labute approximate surface area is 174 Å². The Bertz CT molecular complexity index is 878. The first-order valence-electron chi connectivity index (χ1n) is 9.87. The molecule has 0 saturated heterocycles. The highest BCUT2D eigenvalue weighted by Crippen LogP contribution is 2.44. The van der Waals surface area contributed by atoms with Gasteiger partial charge in [-0.05, 0) is 36.6 Å². The van der Waals surface area contributed by atoms with Gasteiger partial charge in [0.05, 0.1) is 12.1 Å². The number of aliphatic hydroxyl groups is 1. The maximum absolute atomic E-state index is 13.1. The normalized spacial score (nSPS) is 18.4. The number of halogens is 1. The van der Waals surface area contributed by atoms with Crippen molar-refractivity contribution in [1.29, 1.82) is 0 Å². The minimum absolute atomic E-state index is 0.234. The number of fused-ring (bicyclic) bond motifs is 1. The van der Waals surface area contributed by atoms with Crippen LogP contribution in [0.4, 0.5) is 5.69 Å². The second-order valence-electron chi connectivity index (χ2n) is 7.38. The number of hydrogen-bond acceptors (Lipinski definition) is 3. The Morgan fingerprint density at radius 1 is 1.11 bits per heavy atom. The van der Waals surface area contributed by atoms with Crippen LogP contribution in [0, 0.1) is 0 Å². The van der Waals surface area contributed by atoms with E-state index in [9.17, 15) is 14.7 Å². The van der Waals surface area contributed by atoms with E-state index >= 15 is 0 Å². The number of hydrogen-bond donors (Lipinski definition) is 1. The Kier molecular flexibility index (Phi) is 6.36. The summed E-state index contributed by atoms with van der Waals surface area (Å²) in [7, 11) is 0. The zero-order chi connectivity index (χ0) is 20.3. The van der Waals surface area contributed by atoms with E-state index in [2.05, 4.69) is 29.8 Å². The van der Waals surface area contributed by atoms with Crippen LogP contribution in [0.1, 0.15) is 61.0 Å². The summed E-state index contributed by atoms with van der Waals surface area (Å²) in [6, 6.07) is 12.9. The molecule has 1 heterocycles. The van der Waals surface area contributed by atoms with Gasteiger partial charge in [-0.25, -0.2) is 0 Å². The van der Waals surface area contributed by atoms with E-state index in [-0.39, 0.29) is 12.2 Å². The van der Waals surface area contributed by atoms with E-state index in [4.69, 9.17) is 0 Å². The van der Waals surface area contributed by atoms with Crippen LogP contribution in [0.2, 0.25) is 0 Å². The predicted octanol–water partition coefficient (Wildman–Crippen LogP) is 5.01. The minimum Gasteiger partial charge on any atom is -0.375 e. The highest BCUT2D eigenvalue weighted by Gasteiger charge is 2.50. The Morgan fingerprint density at radius 3 is 2.46 bits per heavy atom. The van der Waals surface area contributed by atoms with Gasteiger partial charge in [-0.3, -0.25) is 9.59 Å². The second-order valence-corrected chi connectivity index (χ2v) is 8.29. The number of unbranched alkanes of at least 4 members (excludes halogenated alkanes) is 1. The first-order valence-corrected chi connectivity index (χ1v) is 10.7. The van der Waals surface area contributed by atoms with Crippen molar-refractivity contribution >= 4 is 33.3 Å². The fourth-order valence-electron chi connectivity index (χ4n) is 3.71. The van der Waals surface area contributed by atoms with Gasteiger partial charge in [-0.2, -0.15) is 0 Å². The van der Waals surface area contributed by atoms with Crippen molar-refractivity contribution in [2.45, 2.75) is 51.6 Å². The molecule has 5 heteroatoms. The lowest BCUT2D eigenvalue weighted by Crippen LogP contribution is -2.42. The van der Waals surface area contributed by atoms with Gasteiger partial charge in [0.2, 0.25) is 0 Å². The molecule has 0 aromatic heterocycles. The third kappa shape index (κ3) is 3.91. The molecule has 1 N–H and O–H groups in total. The summed E-state index contributed by atoms with van der Waals surface area (Å²) in [4.78, 5) is 27.6. The molecule has 2 aromatic carbocycles. The smallest absolute Gasteiger partial charge is 0.264 e. The third-order valence-electron chi connectivity index (χ3n) is 5.26. The zero-order valence-electron chi connectivity index (χ0n) is 16.4. The first kappa shape index (κ1) is 20.7. The van der Waals surface area contributed by atoms with E-state index in [1.54, 1.807) is 23.1 Å². The van der Waals surface area contributed by atoms with Gasteiger partial charge in [-0.1, -0.05) is 66.9 Å². The monoisotopic (exact) mass is 443 g/mol. The van der Waals surface area contributed by atoms with Crippen LogP contribution < -0.4 is 4.90 Å².